The molecule has 0 amide bonds. The van der Waals surface area contributed by atoms with Crippen LogP contribution in [0.1, 0.15) is 18.4 Å². The second kappa shape index (κ2) is 6.77. The topological polar surface area (TPSA) is 91.0 Å². The highest BCUT2D eigenvalue weighted by Crippen LogP contribution is 2.24. The maximum absolute atomic E-state index is 12.0. The van der Waals surface area contributed by atoms with Gasteiger partial charge in [-0.3, -0.25) is 15.0 Å². The lowest BCUT2D eigenvalue weighted by atomic mass is 10.1. The van der Waals surface area contributed by atoms with E-state index in [4.69, 9.17) is 0 Å². The fraction of sp³-hybridized carbons (Fsp3) is 0.467. The average Bonchev–Trinajstić information content (AvgIpc) is 3.04. The molecule has 0 aromatic carbocycles. The van der Waals surface area contributed by atoms with Crippen LogP contribution in [0.2, 0.25) is 0 Å². The van der Waals surface area contributed by atoms with Crippen LogP contribution in [0.3, 0.4) is 0 Å². The molecule has 0 saturated carbocycles. The summed E-state index contributed by atoms with van der Waals surface area (Å²) in [5.74, 6) is 0. The first-order valence-corrected chi connectivity index (χ1v) is 9.22. The summed E-state index contributed by atoms with van der Waals surface area (Å²) in [6, 6.07) is 3.87. The lowest BCUT2D eigenvalue weighted by Gasteiger charge is -2.32. The van der Waals surface area contributed by atoms with Crippen molar-refractivity contribution in [2.75, 3.05) is 20.1 Å². The van der Waals surface area contributed by atoms with Gasteiger partial charge in [-0.25, -0.2) is 13.1 Å². The Bertz CT molecular complexity index is 744. The summed E-state index contributed by atoms with van der Waals surface area (Å²) in [6.07, 6.45) is 6.92. The molecule has 3 rings (SSSR count). The van der Waals surface area contributed by atoms with Gasteiger partial charge in [0, 0.05) is 36.6 Å². The van der Waals surface area contributed by atoms with Gasteiger partial charge in [-0.2, -0.15) is 5.10 Å². The number of nitrogens with one attached hydrogen (secondary N) is 2. The zero-order chi connectivity index (χ0) is 16.3. The molecule has 3 heterocycles. The summed E-state index contributed by atoms with van der Waals surface area (Å²) in [7, 11) is -1.74. The molecule has 1 aliphatic heterocycles. The van der Waals surface area contributed by atoms with Crippen LogP contribution in [-0.2, 0) is 16.6 Å². The van der Waals surface area contributed by atoms with Crippen molar-refractivity contribution in [3.63, 3.8) is 0 Å². The van der Waals surface area contributed by atoms with Crippen molar-refractivity contribution in [1.29, 1.82) is 0 Å². The number of hydrogen-bond acceptors (Lipinski definition) is 5. The maximum atomic E-state index is 12.0. The number of aromatic amines is 1. The Labute approximate surface area is 136 Å². The molecule has 2 aromatic rings. The molecule has 2 aromatic heterocycles. The third-order valence-corrected chi connectivity index (χ3v) is 6.08. The lowest BCUT2D eigenvalue weighted by Crippen LogP contribution is -2.45. The summed E-state index contributed by atoms with van der Waals surface area (Å²) >= 11 is 0. The SMILES string of the molecule is CNS(=O)(=O)C1CCCN(Cc2cn[nH]c2-c2cccnc2)C1. The number of piperidine rings is 1. The Morgan fingerprint density at radius 1 is 1.43 bits per heavy atom. The average molecular weight is 335 g/mol. The molecule has 124 valence electrons. The van der Waals surface area contributed by atoms with E-state index in [1.165, 1.54) is 7.05 Å². The standard InChI is InChI=1S/C15H21N5O2S/c1-16-23(21,22)14-5-3-7-20(11-14)10-13-9-18-19-15(13)12-4-2-6-17-8-12/h2,4,6,8-9,14,16H,3,5,7,10-11H2,1H3,(H,18,19). The first-order chi connectivity index (χ1) is 11.1. The molecule has 2 N–H and O–H groups in total. The molecular formula is C15H21N5O2S. The van der Waals surface area contributed by atoms with Crippen LogP contribution >= 0.6 is 0 Å². The summed E-state index contributed by atoms with van der Waals surface area (Å²) in [5, 5.41) is 6.80. The fourth-order valence-electron chi connectivity index (χ4n) is 3.01. The quantitative estimate of drug-likeness (QED) is 0.850. The van der Waals surface area contributed by atoms with E-state index in [9.17, 15) is 8.42 Å². The number of hydrogen-bond donors (Lipinski definition) is 2. The smallest absolute Gasteiger partial charge is 0.215 e. The minimum atomic E-state index is -3.22. The van der Waals surface area contributed by atoms with Crippen LogP contribution in [0.25, 0.3) is 11.3 Å². The Morgan fingerprint density at radius 3 is 3.04 bits per heavy atom. The van der Waals surface area contributed by atoms with Crippen molar-refractivity contribution in [3.05, 3.63) is 36.3 Å². The molecule has 1 atom stereocenters. The Balaban J connectivity index is 1.75. The van der Waals surface area contributed by atoms with Crippen LogP contribution in [-0.4, -0.2) is 53.9 Å². The van der Waals surface area contributed by atoms with Crippen molar-refractivity contribution < 1.29 is 8.42 Å². The second-order valence-electron chi connectivity index (χ2n) is 5.76. The molecule has 23 heavy (non-hydrogen) atoms. The molecule has 0 bridgehead atoms. The first kappa shape index (κ1) is 16.1. The monoisotopic (exact) mass is 335 g/mol. The minimum absolute atomic E-state index is 0.352. The number of nitrogens with zero attached hydrogens (tertiary/aromatic N) is 3. The molecule has 1 fully saturated rings. The van der Waals surface area contributed by atoms with Gasteiger partial charge in [-0.15, -0.1) is 0 Å². The van der Waals surface area contributed by atoms with E-state index in [0.717, 1.165) is 29.8 Å². The summed E-state index contributed by atoms with van der Waals surface area (Å²) in [5.41, 5.74) is 2.98. The fourth-order valence-corrected chi connectivity index (χ4v) is 4.23. The zero-order valence-electron chi connectivity index (χ0n) is 13.1. The van der Waals surface area contributed by atoms with Gasteiger partial charge in [0.05, 0.1) is 17.1 Å². The van der Waals surface area contributed by atoms with Crippen molar-refractivity contribution in [2.24, 2.45) is 0 Å². The normalized spacial score (nSPS) is 19.8. The minimum Gasteiger partial charge on any atom is -0.298 e. The van der Waals surface area contributed by atoms with Crippen LogP contribution in [0.5, 0.6) is 0 Å². The van der Waals surface area contributed by atoms with E-state index in [1.54, 1.807) is 18.6 Å². The number of sulfonamides is 1. The highest BCUT2D eigenvalue weighted by Gasteiger charge is 2.30. The summed E-state index contributed by atoms with van der Waals surface area (Å²) < 4.78 is 26.5. The van der Waals surface area contributed by atoms with Gasteiger partial charge in [0.15, 0.2) is 0 Å². The third-order valence-electron chi connectivity index (χ3n) is 4.25. The van der Waals surface area contributed by atoms with Crippen LogP contribution < -0.4 is 4.72 Å². The van der Waals surface area contributed by atoms with Gasteiger partial charge in [0.1, 0.15) is 0 Å². The Kier molecular flexibility index (Phi) is 4.74. The van der Waals surface area contributed by atoms with Gasteiger partial charge in [0.25, 0.3) is 0 Å². The first-order valence-electron chi connectivity index (χ1n) is 7.67. The van der Waals surface area contributed by atoms with Crippen molar-refractivity contribution >= 4 is 10.0 Å². The zero-order valence-corrected chi connectivity index (χ0v) is 13.9. The molecule has 8 heteroatoms. The summed E-state index contributed by atoms with van der Waals surface area (Å²) in [6.45, 7) is 2.12. The molecule has 1 unspecified atom stereocenters. The van der Waals surface area contributed by atoms with E-state index in [0.29, 0.717) is 19.5 Å². The second-order valence-corrected chi connectivity index (χ2v) is 7.93. The van der Waals surface area contributed by atoms with Crippen LogP contribution in [0.4, 0.5) is 0 Å². The van der Waals surface area contributed by atoms with Crippen LogP contribution in [0.15, 0.2) is 30.7 Å². The van der Waals surface area contributed by atoms with Gasteiger partial charge >= 0.3 is 0 Å². The highest BCUT2D eigenvalue weighted by atomic mass is 32.2. The van der Waals surface area contributed by atoms with Crippen molar-refractivity contribution in [2.45, 2.75) is 24.6 Å². The number of aromatic nitrogens is 3. The van der Waals surface area contributed by atoms with E-state index >= 15 is 0 Å². The van der Waals surface area contributed by atoms with Gasteiger partial charge < -0.3 is 0 Å². The predicted molar refractivity (Wildman–Crippen MR) is 88.1 cm³/mol. The van der Waals surface area contributed by atoms with E-state index < -0.39 is 10.0 Å². The van der Waals surface area contributed by atoms with E-state index in [1.807, 2.05) is 12.1 Å². The van der Waals surface area contributed by atoms with Crippen molar-refractivity contribution in [1.82, 2.24) is 24.8 Å². The molecular weight excluding hydrogens is 314 g/mol. The third kappa shape index (κ3) is 3.60. The lowest BCUT2D eigenvalue weighted by molar-refractivity contribution is 0.222. The Hall–Kier alpha value is -1.77. The maximum Gasteiger partial charge on any atom is 0.215 e. The largest absolute Gasteiger partial charge is 0.298 e. The molecule has 7 nitrogen and oxygen atoms in total. The van der Waals surface area contributed by atoms with E-state index in [-0.39, 0.29) is 5.25 Å². The molecule has 1 aliphatic rings. The summed E-state index contributed by atoms with van der Waals surface area (Å²) in [4.78, 5) is 6.31. The van der Waals surface area contributed by atoms with Gasteiger partial charge in [-0.05, 0) is 38.6 Å². The number of rotatable bonds is 5. The number of likely N-dealkylation sites (tertiary alicyclic amines) is 1. The van der Waals surface area contributed by atoms with Crippen LogP contribution in [0, 0.1) is 0 Å². The van der Waals surface area contributed by atoms with Gasteiger partial charge in [-0.1, -0.05) is 0 Å². The van der Waals surface area contributed by atoms with Crippen molar-refractivity contribution in [3.8, 4) is 11.3 Å². The Morgan fingerprint density at radius 2 is 2.30 bits per heavy atom. The molecule has 1 saturated heterocycles. The molecule has 0 spiro atoms. The number of H-pyrrole nitrogens is 1. The van der Waals surface area contributed by atoms with Gasteiger partial charge in [0.2, 0.25) is 10.0 Å². The predicted octanol–water partition coefficient (Wildman–Crippen LogP) is 0.985. The highest BCUT2D eigenvalue weighted by molar-refractivity contribution is 7.90. The molecule has 0 aliphatic carbocycles. The molecule has 0 radical (unpaired) electrons. The number of pyridine rings is 1. The van der Waals surface area contributed by atoms with E-state index in [2.05, 4.69) is 24.8 Å².